The number of hydrogen-bond donors (Lipinski definition) is 1. The van der Waals surface area contributed by atoms with Crippen LogP contribution in [-0.4, -0.2) is 6.04 Å². The minimum absolute atomic E-state index is 0.196. The van der Waals surface area contributed by atoms with E-state index in [4.69, 9.17) is 6.42 Å². The lowest BCUT2D eigenvalue weighted by atomic mass is 10.2. The fourth-order valence-corrected chi connectivity index (χ4v) is 1.64. The summed E-state index contributed by atoms with van der Waals surface area (Å²) in [4.78, 5) is 0. The summed E-state index contributed by atoms with van der Waals surface area (Å²) < 4.78 is 26.4. The third-order valence-electron chi connectivity index (χ3n) is 1.93. The fraction of sp³-hybridized carbons (Fsp3) is 0.273. The van der Waals surface area contributed by atoms with Crippen molar-refractivity contribution in [2.45, 2.75) is 19.4 Å². The zero-order valence-electron chi connectivity index (χ0n) is 8.15. The number of hydrogen-bond acceptors (Lipinski definition) is 1. The predicted octanol–water partition coefficient (Wildman–Crippen LogP) is 3.55. The summed E-state index contributed by atoms with van der Waals surface area (Å²) in [7, 11) is 0. The van der Waals surface area contributed by atoms with Gasteiger partial charge in [0.1, 0.15) is 11.6 Å². The van der Waals surface area contributed by atoms with Gasteiger partial charge in [0, 0.05) is 10.5 Å². The Bertz CT molecular complexity index is 375. The third-order valence-corrected chi connectivity index (χ3v) is 2.56. The lowest BCUT2D eigenvalue weighted by Gasteiger charge is -2.14. The van der Waals surface area contributed by atoms with Gasteiger partial charge in [-0.2, -0.15) is 0 Å². The van der Waals surface area contributed by atoms with Crippen molar-refractivity contribution in [1.82, 2.24) is 0 Å². The molecule has 1 atom stereocenters. The Morgan fingerprint density at radius 1 is 1.53 bits per heavy atom. The Balaban J connectivity index is 3.00. The smallest absolute Gasteiger partial charge is 0.150 e. The summed E-state index contributed by atoms with van der Waals surface area (Å²) in [6.45, 7) is 1.88. The molecule has 1 rings (SSSR count). The van der Waals surface area contributed by atoms with E-state index in [0.29, 0.717) is 10.9 Å². The van der Waals surface area contributed by atoms with Crippen molar-refractivity contribution in [3.8, 4) is 12.3 Å². The number of rotatable bonds is 3. The van der Waals surface area contributed by atoms with Gasteiger partial charge in [-0.05, 0) is 28.4 Å². The average Bonchev–Trinajstić information content (AvgIpc) is 2.17. The Morgan fingerprint density at radius 3 is 2.67 bits per heavy atom. The van der Waals surface area contributed by atoms with E-state index in [2.05, 4.69) is 27.2 Å². The van der Waals surface area contributed by atoms with E-state index in [-0.39, 0.29) is 11.7 Å². The minimum atomic E-state index is -0.657. The minimum Gasteiger partial charge on any atom is -0.368 e. The molecule has 0 amide bonds. The van der Waals surface area contributed by atoms with Crippen LogP contribution < -0.4 is 5.32 Å². The topological polar surface area (TPSA) is 12.0 Å². The van der Waals surface area contributed by atoms with Gasteiger partial charge < -0.3 is 5.32 Å². The summed E-state index contributed by atoms with van der Waals surface area (Å²) in [5.74, 6) is 1.19. The summed E-state index contributed by atoms with van der Waals surface area (Å²) in [5.41, 5.74) is 0.196. The average molecular weight is 274 g/mol. The summed E-state index contributed by atoms with van der Waals surface area (Å²) in [5, 5.41) is 2.82. The Labute approximate surface area is 96.0 Å². The van der Waals surface area contributed by atoms with Crippen molar-refractivity contribution < 1.29 is 8.78 Å². The van der Waals surface area contributed by atoms with E-state index >= 15 is 0 Å². The monoisotopic (exact) mass is 273 g/mol. The molecule has 0 saturated carbocycles. The molecule has 1 aromatic carbocycles. The third kappa shape index (κ3) is 2.93. The molecule has 1 unspecified atom stereocenters. The lowest BCUT2D eigenvalue weighted by Crippen LogP contribution is -2.17. The Hall–Kier alpha value is -1.08. The zero-order valence-corrected chi connectivity index (χ0v) is 9.74. The summed E-state index contributed by atoms with van der Waals surface area (Å²) >= 11 is 3.07. The number of halogens is 3. The van der Waals surface area contributed by atoms with E-state index in [9.17, 15) is 8.78 Å². The van der Waals surface area contributed by atoms with Crippen LogP contribution >= 0.6 is 15.9 Å². The van der Waals surface area contributed by atoms with Gasteiger partial charge in [-0.1, -0.05) is 12.8 Å². The second-order valence-corrected chi connectivity index (χ2v) is 3.87. The highest BCUT2D eigenvalue weighted by Gasteiger charge is 2.12. The van der Waals surface area contributed by atoms with Crippen LogP contribution in [0.3, 0.4) is 0 Å². The molecule has 1 aromatic rings. The summed E-state index contributed by atoms with van der Waals surface area (Å²) in [6.07, 6.45) is 5.90. The fourth-order valence-electron chi connectivity index (χ4n) is 1.12. The van der Waals surface area contributed by atoms with Crippen molar-refractivity contribution >= 4 is 21.6 Å². The first-order valence-electron chi connectivity index (χ1n) is 4.45. The number of terminal acetylenes is 1. The highest BCUT2D eigenvalue weighted by molar-refractivity contribution is 9.10. The molecule has 1 N–H and O–H groups in total. The van der Waals surface area contributed by atoms with Gasteiger partial charge in [0.25, 0.3) is 0 Å². The molecule has 1 nitrogen and oxygen atoms in total. The quantitative estimate of drug-likeness (QED) is 0.831. The highest BCUT2D eigenvalue weighted by Crippen LogP contribution is 2.27. The number of benzene rings is 1. The molecule has 80 valence electrons. The van der Waals surface area contributed by atoms with Crippen LogP contribution in [0.4, 0.5) is 14.5 Å². The standard InChI is InChI=1S/C11H10BrF2N/c1-3-8(4-2)15-11-9(12)5-7(13)6-10(11)14/h1,5-6,8,15H,4H2,2H3. The van der Waals surface area contributed by atoms with E-state index in [1.54, 1.807) is 0 Å². The first-order valence-corrected chi connectivity index (χ1v) is 5.25. The van der Waals surface area contributed by atoms with Crippen molar-refractivity contribution in [3.63, 3.8) is 0 Å². The second kappa shape index (κ2) is 5.13. The van der Waals surface area contributed by atoms with Crippen LogP contribution in [0.25, 0.3) is 0 Å². The van der Waals surface area contributed by atoms with Crippen LogP contribution in [0.2, 0.25) is 0 Å². The van der Waals surface area contributed by atoms with Crippen LogP contribution in [0, 0.1) is 24.0 Å². The van der Waals surface area contributed by atoms with Crippen molar-refractivity contribution in [1.29, 1.82) is 0 Å². The Morgan fingerprint density at radius 2 is 2.20 bits per heavy atom. The molecular formula is C11H10BrF2N. The normalized spacial score (nSPS) is 11.9. The molecule has 0 fully saturated rings. The van der Waals surface area contributed by atoms with Gasteiger partial charge in [0.15, 0.2) is 0 Å². The van der Waals surface area contributed by atoms with Crippen molar-refractivity contribution in [3.05, 3.63) is 28.2 Å². The maximum absolute atomic E-state index is 13.3. The van der Waals surface area contributed by atoms with E-state index in [0.717, 1.165) is 6.07 Å². The molecule has 0 saturated heterocycles. The first kappa shape index (κ1) is 12.0. The van der Waals surface area contributed by atoms with Crippen LogP contribution in [0.15, 0.2) is 16.6 Å². The van der Waals surface area contributed by atoms with Crippen molar-refractivity contribution in [2.24, 2.45) is 0 Å². The van der Waals surface area contributed by atoms with E-state index in [1.165, 1.54) is 6.07 Å². The molecular weight excluding hydrogens is 264 g/mol. The van der Waals surface area contributed by atoms with Gasteiger partial charge in [0.2, 0.25) is 0 Å². The maximum atomic E-state index is 13.3. The molecule has 0 bridgehead atoms. The summed E-state index contributed by atoms with van der Waals surface area (Å²) in [6, 6.07) is 1.74. The molecule has 0 heterocycles. The highest BCUT2D eigenvalue weighted by atomic mass is 79.9. The SMILES string of the molecule is C#CC(CC)Nc1c(F)cc(F)cc1Br. The van der Waals surface area contributed by atoms with Crippen molar-refractivity contribution in [2.75, 3.05) is 5.32 Å². The molecule has 0 aliphatic heterocycles. The molecule has 0 aliphatic rings. The van der Waals surface area contributed by atoms with Gasteiger partial charge in [-0.25, -0.2) is 8.78 Å². The van der Waals surface area contributed by atoms with Crippen LogP contribution in [0.5, 0.6) is 0 Å². The molecule has 0 aromatic heterocycles. The first-order chi connectivity index (χ1) is 7.08. The van der Waals surface area contributed by atoms with Gasteiger partial charge in [0.05, 0.1) is 11.7 Å². The maximum Gasteiger partial charge on any atom is 0.150 e. The Kier molecular flexibility index (Phi) is 4.10. The molecule has 4 heteroatoms. The molecule has 0 radical (unpaired) electrons. The zero-order chi connectivity index (χ0) is 11.4. The van der Waals surface area contributed by atoms with Crippen LogP contribution in [-0.2, 0) is 0 Å². The van der Waals surface area contributed by atoms with E-state index < -0.39 is 11.6 Å². The van der Waals surface area contributed by atoms with Crippen LogP contribution in [0.1, 0.15) is 13.3 Å². The molecule has 15 heavy (non-hydrogen) atoms. The van der Waals surface area contributed by atoms with Gasteiger partial charge >= 0.3 is 0 Å². The van der Waals surface area contributed by atoms with Gasteiger partial charge in [-0.15, -0.1) is 6.42 Å². The largest absolute Gasteiger partial charge is 0.368 e. The van der Waals surface area contributed by atoms with E-state index in [1.807, 2.05) is 6.92 Å². The molecule has 0 aliphatic carbocycles. The number of nitrogens with one attached hydrogen (secondary N) is 1. The predicted molar refractivity (Wildman–Crippen MR) is 60.6 cm³/mol. The second-order valence-electron chi connectivity index (χ2n) is 3.02. The van der Waals surface area contributed by atoms with Gasteiger partial charge in [-0.3, -0.25) is 0 Å². The lowest BCUT2D eigenvalue weighted by molar-refractivity contribution is 0.582. The molecule has 0 spiro atoms. The number of anilines is 1.